The highest BCUT2D eigenvalue weighted by Gasteiger charge is 2.20. The van der Waals surface area contributed by atoms with Crippen LogP contribution in [0.25, 0.3) is 6.08 Å². The van der Waals surface area contributed by atoms with Crippen LogP contribution < -0.4 is 0 Å². The molecular formula is C18H12ClF2NO5. The zero-order valence-corrected chi connectivity index (χ0v) is 14.6. The summed E-state index contributed by atoms with van der Waals surface area (Å²) >= 11 is 5.69. The number of nitrogens with zero attached hydrogens (tertiary/aromatic N) is 1. The number of ether oxygens (including phenoxy) is 1. The van der Waals surface area contributed by atoms with Gasteiger partial charge in [0.1, 0.15) is 5.02 Å². The second-order valence-corrected chi connectivity index (χ2v) is 5.78. The third kappa shape index (κ3) is 5.18. The van der Waals surface area contributed by atoms with Crippen molar-refractivity contribution in [3.63, 3.8) is 0 Å². The van der Waals surface area contributed by atoms with Gasteiger partial charge in [0.2, 0.25) is 5.78 Å². The predicted octanol–water partition coefficient (Wildman–Crippen LogP) is 4.35. The average Bonchev–Trinajstić information content (AvgIpc) is 2.62. The topological polar surface area (TPSA) is 86.5 Å². The molecule has 0 aliphatic carbocycles. The Morgan fingerprint density at radius 2 is 1.89 bits per heavy atom. The molecule has 6 nitrogen and oxygen atoms in total. The zero-order valence-electron chi connectivity index (χ0n) is 13.8. The van der Waals surface area contributed by atoms with E-state index in [0.717, 1.165) is 18.2 Å². The molecule has 1 atom stereocenters. The van der Waals surface area contributed by atoms with Gasteiger partial charge in [-0.15, -0.1) is 0 Å². The number of esters is 1. The van der Waals surface area contributed by atoms with Crippen molar-refractivity contribution in [3.05, 3.63) is 80.4 Å². The van der Waals surface area contributed by atoms with E-state index >= 15 is 0 Å². The van der Waals surface area contributed by atoms with Crippen molar-refractivity contribution in [2.45, 2.75) is 13.0 Å². The molecule has 2 aromatic carbocycles. The van der Waals surface area contributed by atoms with E-state index in [2.05, 4.69) is 0 Å². The van der Waals surface area contributed by atoms with Crippen molar-refractivity contribution in [1.29, 1.82) is 0 Å². The summed E-state index contributed by atoms with van der Waals surface area (Å²) in [5, 5.41) is 10.8. The van der Waals surface area contributed by atoms with Crippen LogP contribution in [0.15, 0.2) is 42.5 Å². The number of hydrogen-bond donors (Lipinski definition) is 0. The maximum Gasteiger partial charge on any atom is 0.331 e. The van der Waals surface area contributed by atoms with Crippen LogP contribution in [0.2, 0.25) is 5.02 Å². The quantitative estimate of drug-likeness (QED) is 0.238. The number of nitro benzene ring substituents is 1. The van der Waals surface area contributed by atoms with Crippen LogP contribution in [-0.4, -0.2) is 22.8 Å². The first-order chi connectivity index (χ1) is 12.7. The van der Waals surface area contributed by atoms with E-state index in [9.17, 15) is 28.5 Å². The van der Waals surface area contributed by atoms with Crippen molar-refractivity contribution in [1.82, 2.24) is 0 Å². The summed E-state index contributed by atoms with van der Waals surface area (Å²) in [4.78, 5) is 34.1. The molecule has 0 saturated carbocycles. The lowest BCUT2D eigenvalue weighted by Crippen LogP contribution is -2.23. The standard InChI is InChI=1S/C18H12ClF2NO5/c1-10(18(24)12-4-6-14(20)15(21)9-12)27-17(23)7-3-11-2-5-13(19)16(8-11)22(25)26/h2-10H,1H3/b7-3+. The Morgan fingerprint density at radius 3 is 2.52 bits per heavy atom. The second kappa shape index (κ2) is 8.50. The molecule has 0 saturated heterocycles. The van der Waals surface area contributed by atoms with Crippen LogP contribution in [0, 0.1) is 21.7 Å². The number of Topliss-reactive ketones (excluding diaryl/α,β-unsaturated/α-hetero) is 1. The third-order valence-corrected chi connectivity index (χ3v) is 3.76. The van der Waals surface area contributed by atoms with Gasteiger partial charge in [0, 0.05) is 17.7 Å². The van der Waals surface area contributed by atoms with Crippen molar-refractivity contribution in [2.24, 2.45) is 0 Å². The summed E-state index contributed by atoms with van der Waals surface area (Å²) in [6, 6.07) is 6.51. The second-order valence-electron chi connectivity index (χ2n) is 5.37. The fraction of sp³-hybridized carbons (Fsp3) is 0.111. The van der Waals surface area contributed by atoms with Crippen LogP contribution in [-0.2, 0) is 9.53 Å². The van der Waals surface area contributed by atoms with E-state index in [0.29, 0.717) is 11.6 Å². The molecule has 140 valence electrons. The number of halogens is 3. The molecule has 1 unspecified atom stereocenters. The maximum atomic E-state index is 13.2. The summed E-state index contributed by atoms with van der Waals surface area (Å²) in [6.07, 6.45) is 0.981. The molecule has 0 fully saturated rings. The summed E-state index contributed by atoms with van der Waals surface area (Å²) in [6.45, 7) is 1.28. The molecule has 9 heteroatoms. The SMILES string of the molecule is CC(OC(=O)/C=C/c1ccc(Cl)c([N+](=O)[O-])c1)C(=O)c1ccc(F)c(F)c1. The maximum absolute atomic E-state index is 13.2. The zero-order chi connectivity index (χ0) is 20.1. The molecule has 2 rings (SSSR count). The van der Waals surface area contributed by atoms with Crippen molar-refractivity contribution >= 4 is 35.1 Å². The molecule has 27 heavy (non-hydrogen) atoms. The van der Waals surface area contributed by atoms with Crippen LogP contribution in [0.1, 0.15) is 22.8 Å². The van der Waals surface area contributed by atoms with Crippen LogP contribution in [0.5, 0.6) is 0 Å². The number of rotatable bonds is 6. The van der Waals surface area contributed by atoms with Gasteiger partial charge >= 0.3 is 5.97 Å². The minimum absolute atomic E-state index is 0.0505. The van der Waals surface area contributed by atoms with Gasteiger partial charge in [-0.25, -0.2) is 13.6 Å². The van der Waals surface area contributed by atoms with E-state index in [1.165, 1.54) is 31.2 Å². The summed E-state index contributed by atoms with van der Waals surface area (Å²) in [7, 11) is 0. The molecule has 0 aliphatic rings. The lowest BCUT2D eigenvalue weighted by atomic mass is 10.1. The van der Waals surface area contributed by atoms with Crippen molar-refractivity contribution < 1.29 is 28.0 Å². The number of benzene rings is 2. The molecule has 0 N–H and O–H groups in total. The Morgan fingerprint density at radius 1 is 1.19 bits per heavy atom. The van der Waals surface area contributed by atoms with Gasteiger partial charge in [-0.1, -0.05) is 17.7 Å². The number of nitro groups is 1. The Labute approximate surface area is 157 Å². The molecule has 0 heterocycles. The molecular weight excluding hydrogens is 384 g/mol. The van der Waals surface area contributed by atoms with Crippen molar-refractivity contribution in [3.8, 4) is 0 Å². The monoisotopic (exact) mass is 395 g/mol. The third-order valence-electron chi connectivity index (χ3n) is 3.45. The Kier molecular flexibility index (Phi) is 6.36. The Balaban J connectivity index is 2.05. The fourth-order valence-electron chi connectivity index (χ4n) is 2.09. The van der Waals surface area contributed by atoms with Crippen LogP contribution in [0.3, 0.4) is 0 Å². The molecule has 0 aromatic heterocycles. The highest BCUT2D eigenvalue weighted by Crippen LogP contribution is 2.25. The first-order valence-electron chi connectivity index (χ1n) is 7.51. The van der Waals surface area contributed by atoms with Gasteiger partial charge in [0.15, 0.2) is 17.7 Å². The number of hydrogen-bond acceptors (Lipinski definition) is 5. The van der Waals surface area contributed by atoms with E-state index in [4.69, 9.17) is 16.3 Å². The van der Waals surface area contributed by atoms with Gasteiger partial charge in [0.05, 0.1) is 4.92 Å². The summed E-state index contributed by atoms with van der Waals surface area (Å²) in [5.41, 5.74) is -0.150. The van der Waals surface area contributed by atoms with Gasteiger partial charge < -0.3 is 4.74 Å². The van der Waals surface area contributed by atoms with E-state index in [1.54, 1.807) is 0 Å². The lowest BCUT2D eigenvalue weighted by Gasteiger charge is -2.11. The van der Waals surface area contributed by atoms with E-state index in [1.807, 2.05) is 0 Å². The first-order valence-corrected chi connectivity index (χ1v) is 7.88. The largest absolute Gasteiger partial charge is 0.451 e. The molecule has 0 bridgehead atoms. The number of carbonyl (C=O) groups is 2. The molecule has 0 amide bonds. The van der Waals surface area contributed by atoms with Crippen LogP contribution >= 0.6 is 11.6 Å². The van der Waals surface area contributed by atoms with Gasteiger partial charge in [-0.2, -0.15) is 0 Å². The minimum atomic E-state index is -1.24. The summed E-state index contributed by atoms with van der Waals surface area (Å²) in [5.74, 6) is -3.89. The van der Waals surface area contributed by atoms with Crippen LogP contribution in [0.4, 0.5) is 14.5 Å². The highest BCUT2D eigenvalue weighted by molar-refractivity contribution is 6.32. The first kappa shape index (κ1) is 20.2. The predicted molar refractivity (Wildman–Crippen MR) is 93.4 cm³/mol. The summed E-state index contributed by atoms with van der Waals surface area (Å²) < 4.78 is 31.0. The highest BCUT2D eigenvalue weighted by atomic mass is 35.5. The van der Waals surface area contributed by atoms with Crippen molar-refractivity contribution in [2.75, 3.05) is 0 Å². The van der Waals surface area contributed by atoms with Gasteiger partial charge in [0.25, 0.3) is 5.69 Å². The van der Waals surface area contributed by atoms with E-state index < -0.39 is 34.4 Å². The normalized spacial score (nSPS) is 12.0. The number of carbonyl (C=O) groups excluding carboxylic acids is 2. The Bertz CT molecular complexity index is 945. The molecule has 0 radical (unpaired) electrons. The minimum Gasteiger partial charge on any atom is -0.451 e. The Hall–Kier alpha value is -3.13. The average molecular weight is 396 g/mol. The van der Waals surface area contributed by atoms with Gasteiger partial charge in [-0.05, 0) is 42.8 Å². The molecule has 0 spiro atoms. The lowest BCUT2D eigenvalue weighted by molar-refractivity contribution is -0.384. The molecule has 0 aliphatic heterocycles. The van der Waals surface area contributed by atoms with Gasteiger partial charge in [-0.3, -0.25) is 14.9 Å². The number of ketones is 1. The smallest absolute Gasteiger partial charge is 0.331 e. The molecule has 2 aromatic rings. The van der Waals surface area contributed by atoms with E-state index in [-0.39, 0.29) is 16.3 Å². The fourth-order valence-corrected chi connectivity index (χ4v) is 2.28.